The van der Waals surface area contributed by atoms with Crippen LogP contribution in [0.5, 0.6) is 0 Å². The van der Waals surface area contributed by atoms with E-state index in [1.807, 2.05) is 22.7 Å². The molecule has 0 radical (unpaired) electrons. The van der Waals surface area contributed by atoms with Gasteiger partial charge in [-0.2, -0.15) is 0 Å². The van der Waals surface area contributed by atoms with Crippen molar-refractivity contribution in [3.8, 4) is 0 Å². The Labute approximate surface area is 427 Å². The van der Waals surface area contributed by atoms with Crippen LogP contribution in [0.1, 0.15) is 103 Å². The summed E-state index contributed by atoms with van der Waals surface area (Å²) < 4.78 is 5.29. The van der Waals surface area contributed by atoms with Crippen molar-refractivity contribution in [2.24, 2.45) is 0 Å². The Morgan fingerprint density at radius 2 is 1.08 bits per heavy atom. The Kier molecular flexibility index (Phi) is 9.10. The molecule has 5 heterocycles. The molecule has 0 bridgehead atoms. The third-order valence-electron chi connectivity index (χ3n) is 17.5. The minimum absolute atomic E-state index is 0.0149. The fourth-order valence-corrected chi connectivity index (χ4v) is 15.9. The molecule has 3 nitrogen and oxygen atoms in total. The van der Waals surface area contributed by atoms with E-state index in [1.165, 1.54) is 144 Å². The molecule has 3 aliphatic heterocycles. The molecule has 10 aromatic rings. The third kappa shape index (κ3) is 6.07. The number of anilines is 8. The van der Waals surface area contributed by atoms with Gasteiger partial charge >= 0.3 is 0 Å². The van der Waals surface area contributed by atoms with Crippen molar-refractivity contribution in [3.63, 3.8) is 0 Å². The highest BCUT2D eigenvalue weighted by Crippen LogP contribution is 2.62. The number of benzene rings is 8. The summed E-state index contributed by atoms with van der Waals surface area (Å²) in [5, 5.41) is 5.28. The largest absolute Gasteiger partial charge is 0.334 e. The average Bonchev–Trinajstić information content (AvgIpc) is 3.99. The van der Waals surface area contributed by atoms with Gasteiger partial charge in [0, 0.05) is 85.6 Å². The third-order valence-corrected chi connectivity index (χ3v) is 19.8. The van der Waals surface area contributed by atoms with E-state index in [2.05, 4.69) is 229 Å². The molecule has 2 aromatic heterocycles. The van der Waals surface area contributed by atoms with Crippen molar-refractivity contribution < 1.29 is 0 Å². The van der Waals surface area contributed by atoms with Crippen LogP contribution in [0.4, 0.5) is 45.5 Å². The molecular formula is C65H60BN3S2. The first-order valence-corrected chi connectivity index (χ1v) is 27.5. The second-order valence-electron chi connectivity index (χ2n) is 23.7. The molecule has 8 aromatic carbocycles. The van der Waals surface area contributed by atoms with Crippen molar-refractivity contribution in [1.82, 2.24) is 0 Å². The molecule has 2 unspecified atom stereocenters. The second kappa shape index (κ2) is 14.9. The number of fused-ring (bicyclic) bond motifs is 13. The first-order valence-electron chi connectivity index (χ1n) is 25.9. The van der Waals surface area contributed by atoms with E-state index in [9.17, 15) is 0 Å². The van der Waals surface area contributed by atoms with Crippen LogP contribution in [0.2, 0.25) is 0 Å². The Hall–Kier alpha value is -6.34. The van der Waals surface area contributed by atoms with E-state index < -0.39 is 0 Å². The van der Waals surface area contributed by atoms with Gasteiger partial charge in [-0.3, -0.25) is 0 Å². The fraction of sp³-hybridized carbons (Fsp3) is 0.262. The maximum Gasteiger partial charge on any atom is 0.252 e. The van der Waals surface area contributed by atoms with E-state index in [0.29, 0.717) is 0 Å². The Morgan fingerprint density at radius 3 is 1.86 bits per heavy atom. The predicted octanol–water partition coefficient (Wildman–Crippen LogP) is 17.2. The molecule has 1 aliphatic carbocycles. The maximum atomic E-state index is 2.79. The normalized spacial score (nSPS) is 19.4. The van der Waals surface area contributed by atoms with Gasteiger partial charge in [-0.25, -0.2) is 0 Å². The van der Waals surface area contributed by atoms with Crippen molar-refractivity contribution in [1.29, 1.82) is 0 Å². The highest BCUT2D eigenvalue weighted by Gasteiger charge is 2.58. The highest BCUT2D eigenvalue weighted by molar-refractivity contribution is 7.26. The number of aryl methyl sites for hydroxylation is 1. The Bertz CT molecular complexity index is 3900. The predicted molar refractivity (Wildman–Crippen MR) is 311 cm³/mol. The zero-order valence-electron chi connectivity index (χ0n) is 42.5. The van der Waals surface area contributed by atoms with Crippen LogP contribution in [0.15, 0.2) is 152 Å². The lowest BCUT2D eigenvalue weighted by atomic mass is 9.33. The smallest absolute Gasteiger partial charge is 0.252 e. The maximum absolute atomic E-state index is 2.79. The molecule has 0 amide bonds. The summed E-state index contributed by atoms with van der Waals surface area (Å²) in [6.07, 6.45) is 4.86. The van der Waals surface area contributed by atoms with Crippen LogP contribution in [-0.4, -0.2) is 12.3 Å². The van der Waals surface area contributed by atoms with Gasteiger partial charge in [0.05, 0.1) is 11.2 Å². The molecule has 350 valence electrons. The Balaban J connectivity index is 1.06. The topological polar surface area (TPSA) is 9.72 Å². The average molecular weight is 958 g/mol. The summed E-state index contributed by atoms with van der Waals surface area (Å²) in [4.78, 5) is 8.10. The van der Waals surface area contributed by atoms with Crippen LogP contribution in [0.3, 0.4) is 0 Å². The van der Waals surface area contributed by atoms with Gasteiger partial charge in [0.25, 0.3) is 6.71 Å². The minimum Gasteiger partial charge on any atom is -0.334 e. The monoisotopic (exact) mass is 957 g/mol. The van der Waals surface area contributed by atoms with E-state index in [0.717, 1.165) is 6.42 Å². The highest BCUT2D eigenvalue weighted by atomic mass is 32.1. The summed E-state index contributed by atoms with van der Waals surface area (Å²) in [7, 11) is 0. The van der Waals surface area contributed by atoms with Crippen LogP contribution < -0.4 is 31.1 Å². The van der Waals surface area contributed by atoms with Gasteiger partial charge in [-0.1, -0.05) is 134 Å². The molecule has 6 heteroatoms. The molecule has 0 spiro atoms. The zero-order chi connectivity index (χ0) is 48.5. The van der Waals surface area contributed by atoms with Gasteiger partial charge in [0.15, 0.2) is 0 Å². The molecule has 1 fully saturated rings. The lowest BCUT2D eigenvalue weighted by molar-refractivity contribution is 0.195. The van der Waals surface area contributed by atoms with Crippen molar-refractivity contribution in [2.45, 2.75) is 110 Å². The van der Waals surface area contributed by atoms with Crippen molar-refractivity contribution >= 4 is 132 Å². The van der Waals surface area contributed by atoms with Crippen LogP contribution >= 0.6 is 22.7 Å². The lowest BCUT2D eigenvalue weighted by Gasteiger charge is -2.50. The van der Waals surface area contributed by atoms with E-state index in [-0.39, 0.29) is 28.5 Å². The summed E-state index contributed by atoms with van der Waals surface area (Å²) in [6, 6.07) is 59.6. The number of nitrogens with zero attached hydrogens (tertiary/aromatic N) is 3. The first-order chi connectivity index (χ1) is 34.1. The van der Waals surface area contributed by atoms with Gasteiger partial charge in [0.1, 0.15) is 0 Å². The minimum atomic E-state index is -0.0812. The van der Waals surface area contributed by atoms with Crippen LogP contribution in [0.25, 0.3) is 40.3 Å². The quantitative estimate of drug-likeness (QED) is 0.163. The summed E-state index contributed by atoms with van der Waals surface area (Å²) in [6.45, 7) is 21.6. The SMILES string of the molecule is Cc1cc2c3c(c1)N(c1cccc4sc5ccccc5c14)c1cc(C(C)(C)C)ccc1B3c1ccc(N3c4ccc(C(C)(C)C)cc4C4(C)CCCCC34C)cc1N2c1ccc2sc3ccccc3c2c1. The van der Waals surface area contributed by atoms with E-state index in [1.54, 1.807) is 0 Å². The first kappa shape index (κ1) is 43.5. The number of rotatable bonds is 3. The number of thiophene rings is 2. The van der Waals surface area contributed by atoms with Gasteiger partial charge in [-0.05, 0) is 155 Å². The fourth-order valence-electron chi connectivity index (χ4n) is 13.7. The number of hydrogen-bond donors (Lipinski definition) is 0. The molecule has 0 saturated heterocycles. The van der Waals surface area contributed by atoms with Crippen LogP contribution in [-0.2, 0) is 16.2 Å². The molecule has 4 aliphatic rings. The van der Waals surface area contributed by atoms with Gasteiger partial charge in [0.2, 0.25) is 0 Å². The van der Waals surface area contributed by atoms with Crippen molar-refractivity contribution in [3.05, 3.63) is 174 Å². The second-order valence-corrected chi connectivity index (χ2v) is 25.9. The molecule has 2 atom stereocenters. The molecule has 14 rings (SSSR count). The molecule has 0 N–H and O–H groups in total. The number of hydrogen-bond acceptors (Lipinski definition) is 5. The molecule has 1 saturated carbocycles. The van der Waals surface area contributed by atoms with E-state index in [4.69, 9.17) is 0 Å². The van der Waals surface area contributed by atoms with Gasteiger partial charge in [-0.15, -0.1) is 22.7 Å². The summed E-state index contributed by atoms with van der Waals surface area (Å²) in [5.74, 6) is 0. The van der Waals surface area contributed by atoms with Crippen molar-refractivity contribution in [2.75, 3.05) is 14.7 Å². The standard InChI is InChI=1S/C65H60BN3S2/c1-39-33-54-61-55(34-39)68(51-19-16-22-59-60(51)45-18-11-13-21-57(45)71-59)52-36-41(63(5,6)7)23-27-48(52)66(61)49-28-25-43(38-53(49)67(54)42-26-30-58-46(37-42)44-17-10-12-20-56(44)70-58)69-50-29-24-40(62(2,3)4)35-47(50)64(8)31-14-15-32-65(64,69)9/h10-13,16-30,33-38H,14-15,31-32H2,1-9H3. The molecular weight excluding hydrogens is 898 g/mol. The van der Waals surface area contributed by atoms with Gasteiger partial charge < -0.3 is 14.7 Å². The summed E-state index contributed by atoms with van der Waals surface area (Å²) >= 11 is 3.80. The lowest BCUT2D eigenvalue weighted by Crippen LogP contribution is -2.61. The zero-order valence-corrected chi connectivity index (χ0v) is 44.1. The van der Waals surface area contributed by atoms with E-state index >= 15 is 0 Å². The summed E-state index contributed by atoms with van der Waals surface area (Å²) in [5.41, 5.74) is 19.7. The van der Waals surface area contributed by atoms with Crippen LogP contribution in [0, 0.1) is 6.92 Å². The molecule has 71 heavy (non-hydrogen) atoms. The Morgan fingerprint density at radius 1 is 0.479 bits per heavy atom.